The molecule has 152 valence electrons. The van der Waals surface area contributed by atoms with Crippen molar-refractivity contribution in [1.29, 1.82) is 0 Å². The Morgan fingerprint density at radius 3 is 2.53 bits per heavy atom. The number of aryl methyl sites for hydroxylation is 1. The Balaban J connectivity index is 1.63. The highest BCUT2D eigenvalue weighted by Gasteiger charge is 2.18. The lowest BCUT2D eigenvalue weighted by Gasteiger charge is -2.17. The fourth-order valence-corrected chi connectivity index (χ4v) is 4.31. The van der Waals surface area contributed by atoms with Crippen molar-refractivity contribution in [1.82, 2.24) is 14.7 Å². The molecule has 2 amide bonds. The number of aromatic nitrogens is 2. The molecule has 0 saturated heterocycles. The molecule has 0 spiro atoms. The van der Waals surface area contributed by atoms with Gasteiger partial charge in [-0.2, -0.15) is 5.10 Å². The number of nitrogens with one attached hydrogen (secondary N) is 1. The highest BCUT2D eigenvalue weighted by Crippen LogP contribution is 2.31. The van der Waals surface area contributed by atoms with E-state index in [1.165, 1.54) is 18.3 Å². The average molecular weight is 419 g/mol. The number of thiophene rings is 1. The Hall–Kier alpha value is -3.45. The molecule has 2 aromatic carbocycles. The molecule has 0 aliphatic rings. The SMILES string of the molecule is CC(=O)N(C)Cc1ccccc1NC(=O)c1cc2c(C)nn(-c3ccccc3)c2s1. The maximum absolute atomic E-state index is 13.0. The molecular formula is C23H22N4O2S. The van der Waals surface area contributed by atoms with E-state index in [4.69, 9.17) is 0 Å². The van der Waals surface area contributed by atoms with Gasteiger partial charge in [-0.25, -0.2) is 4.68 Å². The van der Waals surface area contributed by atoms with Gasteiger partial charge in [-0.1, -0.05) is 36.4 Å². The predicted molar refractivity (Wildman–Crippen MR) is 120 cm³/mol. The van der Waals surface area contributed by atoms with Crippen molar-refractivity contribution in [2.24, 2.45) is 0 Å². The molecule has 30 heavy (non-hydrogen) atoms. The first-order chi connectivity index (χ1) is 14.4. The zero-order chi connectivity index (χ0) is 21.3. The Morgan fingerprint density at radius 2 is 1.80 bits per heavy atom. The summed E-state index contributed by atoms with van der Waals surface area (Å²) in [4.78, 5) is 27.8. The summed E-state index contributed by atoms with van der Waals surface area (Å²) in [5, 5.41) is 8.60. The third kappa shape index (κ3) is 3.84. The predicted octanol–water partition coefficient (Wildman–Crippen LogP) is 4.63. The van der Waals surface area contributed by atoms with Crippen molar-refractivity contribution in [2.75, 3.05) is 12.4 Å². The first-order valence-electron chi connectivity index (χ1n) is 9.59. The average Bonchev–Trinajstić information content (AvgIpc) is 3.31. The van der Waals surface area contributed by atoms with Gasteiger partial charge in [-0.3, -0.25) is 9.59 Å². The van der Waals surface area contributed by atoms with Gasteiger partial charge >= 0.3 is 0 Å². The summed E-state index contributed by atoms with van der Waals surface area (Å²) in [6.07, 6.45) is 0. The Labute approximate surface area is 178 Å². The number of carbonyl (C=O) groups excluding carboxylic acids is 2. The molecule has 0 bridgehead atoms. The van der Waals surface area contributed by atoms with Gasteiger partial charge in [-0.05, 0) is 36.8 Å². The van der Waals surface area contributed by atoms with E-state index in [0.29, 0.717) is 17.1 Å². The highest BCUT2D eigenvalue weighted by molar-refractivity contribution is 7.20. The lowest BCUT2D eigenvalue weighted by Crippen LogP contribution is -2.24. The zero-order valence-electron chi connectivity index (χ0n) is 17.0. The number of fused-ring (bicyclic) bond motifs is 1. The molecule has 0 unspecified atom stereocenters. The minimum absolute atomic E-state index is 0.0263. The van der Waals surface area contributed by atoms with Gasteiger partial charge < -0.3 is 10.2 Å². The van der Waals surface area contributed by atoms with Crippen LogP contribution in [-0.2, 0) is 11.3 Å². The van der Waals surface area contributed by atoms with Gasteiger partial charge in [0.15, 0.2) is 0 Å². The fraction of sp³-hybridized carbons (Fsp3) is 0.174. The molecule has 7 heteroatoms. The first-order valence-corrected chi connectivity index (χ1v) is 10.4. The van der Waals surface area contributed by atoms with Crippen molar-refractivity contribution >= 4 is 39.1 Å². The molecule has 0 aliphatic carbocycles. The summed E-state index contributed by atoms with van der Waals surface area (Å²) in [6, 6.07) is 19.3. The third-order valence-electron chi connectivity index (χ3n) is 4.98. The molecule has 0 fully saturated rings. The summed E-state index contributed by atoms with van der Waals surface area (Å²) < 4.78 is 1.88. The number of hydrogen-bond acceptors (Lipinski definition) is 4. The summed E-state index contributed by atoms with van der Waals surface area (Å²) in [5.41, 5.74) is 3.43. The molecular weight excluding hydrogens is 396 g/mol. The molecule has 4 rings (SSSR count). The largest absolute Gasteiger partial charge is 0.342 e. The number of anilines is 1. The van der Waals surface area contributed by atoms with Crippen LogP contribution in [0.3, 0.4) is 0 Å². The van der Waals surface area contributed by atoms with E-state index >= 15 is 0 Å². The molecule has 2 heterocycles. The van der Waals surface area contributed by atoms with Crippen LogP contribution in [0.15, 0.2) is 60.7 Å². The minimum Gasteiger partial charge on any atom is -0.342 e. The Kier molecular flexibility index (Phi) is 5.37. The second kappa shape index (κ2) is 8.12. The van der Waals surface area contributed by atoms with E-state index in [0.717, 1.165) is 27.2 Å². The maximum atomic E-state index is 13.0. The summed E-state index contributed by atoms with van der Waals surface area (Å²) in [7, 11) is 1.74. The van der Waals surface area contributed by atoms with Gasteiger partial charge in [0.1, 0.15) is 4.83 Å². The second-order valence-corrected chi connectivity index (χ2v) is 8.18. The van der Waals surface area contributed by atoms with E-state index in [-0.39, 0.29) is 11.8 Å². The normalized spacial score (nSPS) is 10.9. The van der Waals surface area contributed by atoms with Crippen LogP contribution >= 0.6 is 11.3 Å². The van der Waals surface area contributed by atoms with E-state index in [1.54, 1.807) is 11.9 Å². The van der Waals surface area contributed by atoms with E-state index in [2.05, 4.69) is 10.4 Å². The standard InChI is InChI=1S/C23H22N4O2S/c1-15-19-13-21(30-23(19)27(25-15)18-10-5-4-6-11-18)22(29)24-20-12-8-7-9-17(20)14-26(3)16(2)28/h4-13H,14H2,1-3H3,(H,24,29). The van der Waals surface area contributed by atoms with Gasteiger partial charge in [0.25, 0.3) is 5.91 Å². The van der Waals surface area contributed by atoms with Crippen molar-refractivity contribution in [2.45, 2.75) is 20.4 Å². The molecule has 0 atom stereocenters. The van der Waals surface area contributed by atoms with Crippen molar-refractivity contribution < 1.29 is 9.59 Å². The second-order valence-electron chi connectivity index (χ2n) is 7.15. The minimum atomic E-state index is -0.173. The number of amides is 2. The molecule has 1 N–H and O–H groups in total. The maximum Gasteiger partial charge on any atom is 0.265 e. The van der Waals surface area contributed by atoms with E-state index in [9.17, 15) is 9.59 Å². The molecule has 0 saturated carbocycles. The van der Waals surface area contributed by atoms with Crippen molar-refractivity contribution in [3.8, 4) is 5.69 Å². The van der Waals surface area contributed by atoms with Crippen LogP contribution in [0.5, 0.6) is 0 Å². The number of carbonyl (C=O) groups is 2. The number of rotatable bonds is 5. The van der Waals surface area contributed by atoms with Crippen molar-refractivity contribution in [3.63, 3.8) is 0 Å². The summed E-state index contributed by atoms with van der Waals surface area (Å²) in [5.74, 6) is -0.199. The van der Waals surface area contributed by atoms with Crippen LogP contribution in [0.2, 0.25) is 0 Å². The molecule has 6 nitrogen and oxygen atoms in total. The summed E-state index contributed by atoms with van der Waals surface area (Å²) >= 11 is 1.42. The van der Waals surface area contributed by atoms with E-state index < -0.39 is 0 Å². The third-order valence-corrected chi connectivity index (χ3v) is 6.09. The van der Waals surface area contributed by atoms with E-state index in [1.807, 2.05) is 72.3 Å². The smallest absolute Gasteiger partial charge is 0.265 e. The quantitative estimate of drug-likeness (QED) is 0.514. The van der Waals surface area contributed by atoms with Crippen LogP contribution in [0.4, 0.5) is 5.69 Å². The fourth-order valence-electron chi connectivity index (χ4n) is 3.23. The number of benzene rings is 2. The zero-order valence-corrected chi connectivity index (χ0v) is 17.9. The lowest BCUT2D eigenvalue weighted by atomic mass is 10.1. The van der Waals surface area contributed by atoms with Crippen LogP contribution in [-0.4, -0.2) is 33.5 Å². The Bertz CT molecular complexity index is 1230. The van der Waals surface area contributed by atoms with Crippen LogP contribution in [0.1, 0.15) is 27.9 Å². The molecule has 0 aliphatic heterocycles. The lowest BCUT2D eigenvalue weighted by molar-refractivity contribution is -0.128. The van der Waals surface area contributed by atoms with Crippen LogP contribution in [0.25, 0.3) is 15.9 Å². The first kappa shape index (κ1) is 19.8. The number of hydrogen-bond donors (Lipinski definition) is 1. The molecule has 4 aromatic rings. The molecule has 0 radical (unpaired) electrons. The Morgan fingerprint density at radius 1 is 1.10 bits per heavy atom. The van der Waals surface area contributed by atoms with Gasteiger partial charge in [-0.15, -0.1) is 11.3 Å². The van der Waals surface area contributed by atoms with Crippen molar-refractivity contribution in [3.05, 3.63) is 76.8 Å². The highest BCUT2D eigenvalue weighted by atomic mass is 32.1. The number of nitrogens with zero attached hydrogens (tertiary/aromatic N) is 3. The molecule has 2 aromatic heterocycles. The van der Waals surface area contributed by atoms with Crippen LogP contribution in [0, 0.1) is 6.92 Å². The monoisotopic (exact) mass is 418 g/mol. The van der Waals surface area contributed by atoms with Gasteiger partial charge in [0.05, 0.1) is 16.3 Å². The van der Waals surface area contributed by atoms with Crippen LogP contribution < -0.4 is 5.32 Å². The van der Waals surface area contributed by atoms with Gasteiger partial charge in [0, 0.05) is 31.6 Å². The van der Waals surface area contributed by atoms with Gasteiger partial charge in [0.2, 0.25) is 5.91 Å². The number of para-hydroxylation sites is 2. The summed E-state index contributed by atoms with van der Waals surface area (Å²) in [6.45, 7) is 3.90. The topological polar surface area (TPSA) is 67.2 Å².